The van der Waals surface area contributed by atoms with Crippen LogP contribution in [0.5, 0.6) is 0 Å². The molecule has 0 aliphatic carbocycles. The summed E-state index contributed by atoms with van der Waals surface area (Å²) in [5.74, 6) is -0.765. The third kappa shape index (κ3) is 2.60. The fraction of sp³-hybridized carbons (Fsp3) is 0.556. The molecule has 0 aromatic heterocycles. The van der Waals surface area contributed by atoms with Crippen molar-refractivity contribution < 1.29 is 31.6 Å². The molecule has 0 radical (unpaired) electrons. The zero-order valence-electron chi connectivity index (χ0n) is 10.4. The monoisotopic (exact) mass is 307 g/mol. The number of methoxy groups -OCH3 is 1. The lowest BCUT2D eigenvalue weighted by molar-refractivity contribution is -0.120. The van der Waals surface area contributed by atoms with Crippen LogP contribution in [0.3, 0.4) is 0 Å². The zero-order valence-corrected chi connectivity index (χ0v) is 11.2. The molecule has 1 saturated heterocycles. The molecule has 20 heavy (non-hydrogen) atoms. The van der Waals surface area contributed by atoms with Gasteiger partial charge < -0.3 is 15.4 Å². The Bertz CT molecular complexity index is 572. The molecule has 3 amide bonds. The van der Waals surface area contributed by atoms with E-state index < -0.39 is 34.4 Å². The van der Waals surface area contributed by atoms with E-state index in [1.807, 2.05) is 0 Å². The maximum Gasteiger partial charge on any atom is 0.418 e. The number of rotatable bonds is 5. The first-order chi connectivity index (χ1) is 9.24. The lowest BCUT2D eigenvalue weighted by Crippen LogP contribution is -2.47. The maximum absolute atomic E-state index is 12.0. The number of hydrogen-bond acceptors (Lipinski definition) is 6. The van der Waals surface area contributed by atoms with Crippen molar-refractivity contribution in [3.8, 4) is 0 Å². The minimum absolute atomic E-state index is 0.0111. The average molecular weight is 307 g/mol. The molecule has 0 aromatic carbocycles. The summed E-state index contributed by atoms with van der Waals surface area (Å²) in [6, 6.07) is -2.67. The first kappa shape index (κ1) is 14.7. The molecule has 0 spiro atoms. The Balaban J connectivity index is 2.36. The van der Waals surface area contributed by atoms with Crippen LogP contribution in [0.15, 0.2) is 11.6 Å². The Morgan fingerprint density at radius 3 is 2.75 bits per heavy atom. The van der Waals surface area contributed by atoms with Crippen molar-refractivity contribution in [3.05, 3.63) is 11.6 Å². The van der Waals surface area contributed by atoms with Gasteiger partial charge in [-0.05, 0) is 11.6 Å². The van der Waals surface area contributed by atoms with Crippen molar-refractivity contribution in [1.82, 2.24) is 9.96 Å². The Labute approximate surface area is 114 Å². The summed E-state index contributed by atoms with van der Waals surface area (Å²) in [5.41, 5.74) is 5.66. The number of fused-ring (bicyclic) bond motifs is 2. The van der Waals surface area contributed by atoms with Crippen molar-refractivity contribution in [1.29, 1.82) is 0 Å². The molecular formula is C9H13N3O7S. The van der Waals surface area contributed by atoms with Gasteiger partial charge in [0.2, 0.25) is 5.91 Å². The second-order valence-corrected chi connectivity index (χ2v) is 5.31. The van der Waals surface area contributed by atoms with Crippen molar-refractivity contribution >= 4 is 22.3 Å². The van der Waals surface area contributed by atoms with Gasteiger partial charge in [-0.1, -0.05) is 0 Å². The van der Waals surface area contributed by atoms with Crippen molar-refractivity contribution in [3.63, 3.8) is 0 Å². The van der Waals surface area contributed by atoms with E-state index in [0.29, 0.717) is 10.6 Å². The highest BCUT2D eigenvalue weighted by atomic mass is 32.3. The van der Waals surface area contributed by atoms with Gasteiger partial charge in [0, 0.05) is 7.11 Å². The molecule has 0 unspecified atom stereocenters. The highest BCUT2D eigenvalue weighted by Gasteiger charge is 2.49. The number of primary amides is 1. The molecule has 0 aromatic rings. The highest BCUT2D eigenvalue weighted by molar-refractivity contribution is 7.80. The molecule has 2 aliphatic rings. The summed E-state index contributed by atoms with van der Waals surface area (Å²) in [6.45, 7) is 0.0675. The number of hydroxylamine groups is 2. The number of amides is 3. The standard InChI is InChI=1S/C9H13N3O7S/c1-18-4-5-2-6(8(10)13)11-3-7(5)12(9(11)14)19-20(15,16)17/h2,6-7H,3-4H2,1H3,(H2,10,13)(H,15,16,17)/t6-,7+/m0/s1. The lowest BCUT2D eigenvalue weighted by atomic mass is 10.0. The van der Waals surface area contributed by atoms with E-state index in [1.54, 1.807) is 0 Å². The van der Waals surface area contributed by atoms with Gasteiger partial charge in [-0.2, -0.15) is 13.5 Å². The quantitative estimate of drug-likeness (QED) is 0.454. The summed E-state index contributed by atoms with van der Waals surface area (Å²) in [7, 11) is -3.46. The molecule has 1 fully saturated rings. The summed E-state index contributed by atoms with van der Waals surface area (Å²) in [6.07, 6.45) is 1.42. The van der Waals surface area contributed by atoms with Crippen LogP contribution in [0.25, 0.3) is 0 Å². The predicted octanol–water partition coefficient (Wildman–Crippen LogP) is -1.73. The van der Waals surface area contributed by atoms with E-state index >= 15 is 0 Å². The average Bonchev–Trinajstić information content (AvgIpc) is 2.57. The van der Waals surface area contributed by atoms with E-state index in [4.69, 9.17) is 15.0 Å². The molecule has 2 atom stereocenters. The highest BCUT2D eigenvalue weighted by Crippen LogP contribution is 2.30. The van der Waals surface area contributed by atoms with E-state index in [-0.39, 0.29) is 13.2 Å². The topological polar surface area (TPSA) is 139 Å². The molecule has 11 heteroatoms. The van der Waals surface area contributed by atoms with E-state index in [0.717, 1.165) is 4.90 Å². The molecule has 0 saturated carbocycles. The van der Waals surface area contributed by atoms with Crippen LogP contribution in [-0.2, 0) is 24.2 Å². The van der Waals surface area contributed by atoms with Crippen LogP contribution in [0, 0.1) is 0 Å². The van der Waals surface area contributed by atoms with E-state index in [1.165, 1.54) is 13.2 Å². The van der Waals surface area contributed by atoms with Crippen LogP contribution in [0.4, 0.5) is 4.79 Å². The van der Waals surface area contributed by atoms with Crippen molar-refractivity contribution in [2.45, 2.75) is 12.1 Å². The normalized spacial score (nSPS) is 25.9. The first-order valence-electron chi connectivity index (χ1n) is 5.50. The number of nitrogens with zero attached hydrogens (tertiary/aromatic N) is 2. The molecule has 2 rings (SSSR count). The Hall–Kier alpha value is -1.69. The maximum atomic E-state index is 12.0. The number of carbonyl (C=O) groups excluding carboxylic acids is 2. The van der Waals surface area contributed by atoms with Gasteiger partial charge in [0.05, 0.1) is 13.2 Å². The Morgan fingerprint density at radius 2 is 2.25 bits per heavy atom. The van der Waals surface area contributed by atoms with Crippen molar-refractivity contribution in [2.24, 2.45) is 5.73 Å². The van der Waals surface area contributed by atoms with Crippen LogP contribution in [-0.4, -0.2) is 67.2 Å². The second-order valence-electron chi connectivity index (χ2n) is 4.30. The third-order valence-electron chi connectivity index (χ3n) is 3.00. The summed E-state index contributed by atoms with van der Waals surface area (Å²) >= 11 is 0. The lowest BCUT2D eigenvalue weighted by Gasteiger charge is -2.27. The fourth-order valence-corrected chi connectivity index (χ4v) is 2.61. The zero-order chi connectivity index (χ0) is 15.1. The Morgan fingerprint density at radius 1 is 1.60 bits per heavy atom. The summed E-state index contributed by atoms with van der Waals surface area (Å²) in [5, 5.41) is 0.489. The molecule has 112 valence electrons. The van der Waals surface area contributed by atoms with Gasteiger partial charge in [-0.15, -0.1) is 4.28 Å². The van der Waals surface area contributed by atoms with Gasteiger partial charge >= 0.3 is 16.4 Å². The minimum Gasteiger partial charge on any atom is -0.380 e. The smallest absolute Gasteiger partial charge is 0.380 e. The van der Waals surface area contributed by atoms with Crippen LogP contribution < -0.4 is 5.73 Å². The number of ether oxygens (including phenoxy) is 1. The van der Waals surface area contributed by atoms with Crippen LogP contribution in [0.1, 0.15) is 0 Å². The second kappa shape index (κ2) is 5.01. The summed E-state index contributed by atoms with van der Waals surface area (Å²) < 4.78 is 39.4. The van der Waals surface area contributed by atoms with Crippen LogP contribution in [0.2, 0.25) is 0 Å². The van der Waals surface area contributed by atoms with Gasteiger partial charge in [-0.3, -0.25) is 9.35 Å². The molecular weight excluding hydrogens is 294 g/mol. The van der Waals surface area contributed by atoms with E-state index in [9.17, 15) is 18.0 Å². The number of nitrogens with two attached hydrogens (primary N) is 1. The minimum atomic E-state index is -4.86. The SMILES string of the molecule is COCC1=C[C@@H](C(N)=O)N2C[C@H]1N(OS(=O)(=O)O)C2=O. The number of hydrogen-bond donors (Lipinski definition) is 2. The predicted molar refractivity (Wildman–Crippen MR) is 63.3 cm³/mol. The van der Waals surface area contributed by atoms with Gasteiger partial charge in [0.15, 0.2) is 0 Å². The molecule has 2 aliphatic heterocycles. The van der Waals surface area contributed by atoms with E-state index in [2.05, 4.69) is 4.28 Å². The molecule has 10 nitrogen and oxygen atoms in total. The molecule has 2 heterocycles. The number of urea groups is 1. The molecule has 2 bridgehead atoms. The molecule has 3 N–H and O–H groups in total. The van der Waals surface area contributed by atoms with Gasteiger partial charge in [-0.25, -0.2) is 4.79 Å². The van der Waals surface area contributed by atoms with Crippen molar-refractivity contribution in [2.75, 3.05) is 20.3 Å². The number of carbonyl (C=O) groups is 2. The Kier molecular flexibility index (Phi) is 3.69. The third-order valence-corrected chi connectivity index (χ3v) is 3.35. The van der Waals surface area contributed by atoms with Gasteiger partial charge in [0.1, 0.15) is 12.1 Å². The first-order valence-corrected chi connectivity index (χ1v) is 6.87. The largest absolute Gasteiger partial charge is 0.418 e. The summed E-state index contributed by atoms with van der Waals surface area (Å²) in [4.78, 5) is 24.4. The fourth-order valence-electron chi connectivity index (χ4n) is 2.23. The van der Waals surface area contributed by atoms with Crippen LogP contribution >= 0.6 is 0 Å². The van der Waals surface area contributed by atoms with Gasteiger partial charge in [0.25, 0.3) is 0 Å².